The summed E-state index contributed by atoms with van der Waals surface area (Å²) in [6, 6.07) is 6.15. The van der Waals surface area contributed by atoms with Gasteiger partial charge in [-0.2, -0.15) is 5.26 Å². The topological polar surface area (TPSA) is 49.8 Å². The molecule has 4 heteroatoms. The number of nitriles is 1. The molecule has 0 aliphatic carbocycles. The second-order valence-electron chi connectivity index (χ2n) is 2.99. The Morgan fingerprint density at radius 2 is 2.27 bits per heavy atom. The molecule has 0 amide bonds. The Bertz CT molecular complexity index is 446. The van der Waals surface area contributed by atoms with E-state index in [1.54, 1.807) is 0 Å². The third kappa shape index (κ3) is 2.48. The molecule has 0 aromatic heterocycles. The summed E-state index contributed by atoms with van der Waals surface area (Å²) in [4.78, 5) is 0. The lowest BCUT2D eigenvalue weighted by molar-refractivity contribution is 0.628. The molecule has 0 spiro atoms. The van der Waals surface area contributed by atoms with Crippen molar-refractivity contribution >= 4 is 17.3 Å². The Balaban J connectivity index is 3.24. The molecule has 1 rings (SSSR count). The van der Waals surface area contributed by atoms with Crippen LogP contribution < -0.4 is 5.73 Å². The second-order valence-corrected chi connectivity index (χ2v) is 3.39. The number of nitrogens with zero attached hydrogens (tertiary/aromatic N) is 1. The van der Waals surface area contributed by atoms with Crippen molar-refractivity contribution in [3.8, 4) is 6.07 Å². The first-order valence-corrected chi connectivity index (χ1v) is 4.82. The fraction of sp³-hybridized carbons (Fsp3) is 0.182. The summed E-state index contributed by atoms with van der Waals surface area (Å²) in [5.74, 6) is -0.497. The molecule has 0 saturated heterocycles. The van der Waals surface area contributed by atoms with Crippen molar-refractivity contribution in [2.24, 2.45) is 5.73 Å². The average Bonchev–Trinajstić information content (AvgIpc) is 2.23. The molecule has 0 radical (unpaired) electrons. The van der Waals surface area contributed by atoms with Crippen molar-refractivity contribution in [1.82, 2.24) is 0 Å². The van der Waals surface area contributed by atoms with Gasteiger partial charge in [0, 0.05) is 5.56 Å². The molecule has 1 aromatic rings. The van der Waals surface area contributed by atoms with Crippen LogP contribution in [0.1, 0.15) is 18.9 Å². The predicted octanol–water partition coefficient (Wildman–Crippen LogP) is 3.08. The number of hydrogen-bond donors (Lipinski definition) is 1. The van der Waals surface area contributed by atoms with E-state index in [1.165, 1.54) is 18.2 Å². The first kappa shape index (κ1) is 11.5. The molecule has 0 unspecified atom stereocenters. The smallest absolute Gasteiger partial charge is 0.141 e. The molecular weight excluding hydrogens is 215 g/mol. The monoisotopic (exact) mass is 224 g/mol. The van der Waals surface area contributed by atoms with Gasteiger partial charge in [-0.25, -0.2) is 4.39 Å². The van der Waals surface area contributed by atoms with E-state index in [0.29, 0.717) is 23.3 Å². The van der Waals surface area contributed by atoms with E-state index in [0.717, 1.165) is 0 Å². The number of allylic oxidation sites excluding steroid dienone is 1. The Labute approximate surface area is 92.8 Å². The molecule has 1 aromatic carbocycles. The van der Waals surface area contributed by atoms with E-state index in [9.17, 15) is 4.39 Å². The second kappa shape index (κ2) is 4.81. The molecule has 0 fully saturated rings. The first-order valence-electron chi connectivity index (χ1n) is 4.44. The SMILES string of the molecule is CC/C(C#N)=C(/N)c1ccc(F)c(Cl)c1. The Morgan fingerprint density at radius 3 is 2.73 bits per heavy atom. The van der Waals surface area contributed by atoms with Crippen molar-refractivity contribution in [1.29, 1.82) is 5.26 Å². The molecule has 0 atom stereocenters. The van der Waals surface area contributed by atoms with E-state index in [4.69, 9.17) is 22.6 Å². The van der Waals surface area contributed by atoms with Crippen LogP contribution in [0.4, 0.5) is 4.39 Å². The Morgan fingerprint density at radius 1 is 1.60 bits per heavy atom. The highest BCUT2D eigenvalue weighted by Crippen LogP contribution is 2.21. The van der Waals surface area contributed by atoms with Gasteiger partial charge in [0.1, 0.15) is 5.82 Å². The van der Waals surface area contributed by atoms with Crippen LogP contribution in [0.3, 0.4) is 0 Å². The zero-order valence-corrected chi connectivity index (χ0v) is 8.98. The van der Waals surface area contributed by atoms with Gasteiger partial charge in [-0.05, 0) is 24.6 Å². The minimum atomic E-state index is -0.497. The van der Waals surface area contributed by atoms with Crippen molar-refractivity contribution < 1.29 is 4.39 Å². The summed E-state index contributed by atoms with van der Waals surface area (Å²) in [6.07, 6.45) is 0.539. The summed E-state index contributed by atoms with van der Waals surface area (Å²) in [5, 5.41) is 8.79. The van der Waals surface area contributed by atoms with E-state index in [2.05, 4.69) is 0 Å². The van der Waals surface area contributed by atoms with Crippen LogP contribution in [-0.4, -0.2) is 0 Å². The van der Waals surface area contributed by atoms with Crippen LogP contribution in [-0.2, 0) is 0 Å². The highest BCUT2D eigenvalue weighted by molar-refractivity contribution is 6.30. The van der Waals surface area contributed by atoms with Gasteiger partial charge >= 0.3 is 0 Å². The van der Waals surface area contributed by atoms with Crippen molar-refractivity contribution in [2.75, 3.05) is 0 Å². The Hall–Kier alpha value is -1.53. The molecule has 2 nitrogen and oxygen atoms in total. The van der Waals surface area contributed by atoms with Gasteiger partial charge in [0.25, 0.3) is 0 Å². The molecule has 0 saturated carbocycles. The van der Waals surface area contributed by atoms with Gasteiger partial charge in [0.05, 0.1) is 22.4 Å². The predicted molar refractivity (Wildman–Crippen MR) is 58.4 cm³/mol. The minimum Gasteiger partial charge on any atom is -0.397 e. The zero-order chi connectivity index (χ0) is 11.4. The van der Waals surface area contributed by atoms with Crippen LogP contribution in [0.2, 0.25) is 5.02 Å². The highest BCUT2D eigenvalue weighted by Gasteiger charge is 2.06. The third-order valence-corrected chi connectivity index (χ3v) is 2.33. The van der Waals surface area contributed by atoms with Crippen LogP contribution in [0, 0.1) is 17.1 Å². The van der Waals surface area contributed by atoms with Crippen molar-refractivity contribution in [3.63, 3.8) is 0 Å². The summed E-state index contributed by atoms with van der Waals surface area (Å²) in [6.45, 7) is 1.83. The average molecular weight is 225 g/mol. The van der Waals surface area contributed by atoms with E-state index in [1.807, 2.05) is 13.0 Å². The number of nitrogens with two attached hydrogens (primary N) is 1. The molecule has 0 bridgehead atoms. The number of halogens is 2. The number of hydrogen-bond acceptors (Lipinski definition) is 2. The van der Waals surface area contributed by atoms with Gasteiger partial charge < -0.3 is 5.73 Å². The van der Waals surface area contributed by atoms with Crippen LogP contribution in [0.25, 0.3) is 5.70 Å². The molecule has 0 aliphatic rings. The zero-order valence-electron chi connectivity index (χ0n) is 8.22. The molecule has 15 heavy (non-hydrogen) atoms. The summed E-state index contributed by atoms with van der Waals surface area (Å²) in [7, 11) is 0. The lowest BCUT2D eigenvalue weighted by Crippen LogP contribution is -2.00. The van der Waals surface area contributed by atoms with Crippen LogP contribution >= 0.6 is 11.6 Å². The van der Waals surface area contributed by atoms with Gasteiger partial charge in [-0.3, -0.25) is 0 Å². The molecule has 78 valence electrons. The maximum atomic E-state index is 12.9. The van der Waals surface area contributed by atoms with Crippen molar-refractivity contribution in [3.05, 3.63) is 40.2 Å². The Kier molecular flexibility index (Phi) is 3.70. The van der Waals surface area contributed by atoms with E-state index in [-0.39, 0.29) is 5.02 Å². The maximum Gasteiger partial charge on any atom is 0.141 e. The summed E-state index contributed by atoms with van der Waals surface area (Å²) < 4.78 is 12.9. The van der Waals surface area contributed by atoms with Crippen molar-refractivity contribution in [2.45, 2.75) is 13.3 Å². The molecule has 0 aliphatic heterocycles. The lowest BCUT2D eigenvalue weighted by Gasteiger charge is -2.05. The normalized spacial score (nSPS) is 11.9. The van der Waals surface area contributed by atoms with Gasteiger partial charge in [0.2, 0.25) is 0 Å². The molecule has 2 N–H and O–H groups in total. The number of rotatable bonds is 2. The largest absolute Gasteiger partial charge is 0.397 e. The van der Waals surface area contributed by atoms with E-state index < -0.39 is 5.82 Å². The van der Waals surface area contributed by atoms with Crippen LogP contribution in [0.5, 0.6) is 0 Å². The summed E-state index contributed by atoms with van der Waals surface area (Å²) >= 11 is 5.61. The van der Waals surface area contributed by atoms with Gasteiger partial charge in [-0.15, -0.1) is 0 Å². The highest BCUT2D eigenvalue weighted by atomic mass is 35.5. The van der Waals surface area contributed by atoms with Gasteiger partial charge in [-0.1, -0.05) is 18.5 Å². The first-order chi connectivity index (χ1) is 7.10. The fourth-order valence-electron chi connectivity index (χ4n) is 1.17. The third-order valence-electron chi connectivity index (χ3n) is 2.04. The standard InChI is InChI=1S/C11H10ClFN2/c1-2-7(6-14)11(15)8-3-4-10(13)9(12)5-8/h3-5H,2,15H2,1H3/b11-7-. The molecular formula is C11H10ClFN2. The lowest BCUT2D eigenvalue weighted by atomic mass is 10.1. The minimum absolute atomic E-state index is 0.00356. The van der Waals surface area contributed by atoms with Crippen LogP contribution in [0.15, 0.2) is 23.8 Å². The quantitative estimate of drug-likeness (QED) is 0.785. The van der Waals surface area contributed by atoms with Gasteiger partial charge in [0.15, 0.2) is 0 Å². The van der Waals surface area contributed by atoms with E-state index >= 15 is 0 Å². The fourth-order valence-corrected chi connectivity index (χ4v) is 1.35. The summed E-state index contributed by atoms with van der Waals surface area (Å²) in [5.41, 5.74) is 7.14. The number of benzene rings is 1. The maximum absolute atomic E-state index is 12.9. The molecule has 0 heterocycles.